The van der Waals surface area contributed by atoms with Gasteiger partial charge in [0.05, 0.1) is 10.9 Å². The van der Waals surface area contributed by atoms with Gasteiger partial charge in [0.25, 0.3) is 0 Å². The Balaban J connectivity index is 2.09. The van der Waals surface area contributed by atoms with Gasteiger partial charge >= 0.3 is 0 Å². The van der Waals surface area contributed by atoms with Crippen LogP contribution in [0.3, 0.4) is 0 Å². The van der Waals surface area contributed by atoms with Crippen molar-refractivity contribution in [2.75, 3.05) is 23.0 Å². The lowest BCUT2D eigenvalue weighted by atomic mass is 10.5. The zero-order chi connectivity index (χ0) is 12.0. The first kappa shape index (κ1) is 15.4. The van der Waals surface area contributed by atoms with E-state index in [1.165, 1.54) is 11.5 Å². The van der Waals surface area contributed by atoms with Gasteiger partial charge in [0.15, 0.2) is 0 Å². The van der Waals surface area contributed by atoms with E-state index in [0.717, 1.165) is 11.5 Å². The second-order valence-corrected chi connectivity index (χ2v) is 9.14. The van der Waals surface area contributed by atoms with Crippen LogP contribution in [0.1, 0.15) is 13.8 Å². The maximum absolute atomic E-state index is 9.20. The van der Waals surface area contributed by atoms with Gasteiger partial charge in [-0.25, -0.2) is 0 Å². The van der Waals surface area contributed by atoms with Crippen molar-refractivity contribution in [1.29, 1.82) is 0 Å². The minimum atomic E-state index is -0.242. The Morgan fingerprint density at radius 1 is 1.00 bits per heavy atom. The molecule has 0 spiro atoms. The summed E-state index contributed by atoms with van der Waals surface area (Å²) in [6.45, 7) is 3.65. The quantitative estimate of drug-likeness (QED) is 0.734. The summed E-state index contributed by atoms with van der Waals surface area (Å²) in [6.07, 6.45) is 0. The van der Waals surface area contributed by atoms with Crippen molar-refractivity contribution in [3.63, 3.8) is 0 Å². The third-order valence-corrected chi connectivity index (χ3v) is 7.88. The molecule has 0 aromatic carbocycles. The molecule has 0 amide bonds. The van der Waals surface area contributed by atoms with E-state index in [9.17, 15) is 10.2 Å². The molecule has 1 heterocycles. The van der Waals surface area contributed by atoms with E-state index in [1.807, 2.05) is 37.4 Å². The predicted octanol–water partition coefficient (Wildman–Crippen LogP) is 2.35. The van der Waals surface area contributed by atoms with Gasteiger partial charge in [0, 0.05) is 33.5 Å². The van der Waals surface area contributed by atoms with Crippen molar-refractivity contribution >= 4 is 47.0 Å². The minimum absolute atomic E-state index is 0.242. The molecule has 0 aromatic heterocycles. The van der Waals surface area contributed by atoms with Crippen LogP contribution < -0.4 is 0 Å². The van der Waals surface area contributed by atoms with E-state index in [1.54, 1.807) is 23.5 Å². The van der Waals surface area contributed by atoms with Gasteiger partial charge in [-0.1, -0.05) is 0 Å². The molecule has 1 rings (SSSR count). The third-order valence-electron chi connectivity index (χ3n) is 2.08. The van der Waals surface area contributed by atoms with Gasteiger partial charge in [-0.15, -0.1) is 23.5 Å². The van der Waals surface area contributed by atoms with Crippen LogP contribution in [-0.4, -0.2) is 54.6 Å². The summed E-state index contributed by atoms with van der Waals surface area (Å²) in [5.74, 6) is 4.45. The Hall–Kier alpha value is 1.32. The average molecular weight is 301 g/mol. The Kier molecular flexibility index (Phi) is 8.10. The minimum Gasteiger partial charge on any atom is -0.383 e. The molecule has 4 atom stereocenters. The standard InChI is InChI=1S/C10H20O2S4/c1-7(11)13-3-9-5-16-10(6-15-9)4-14-8(2)12/h7-12H,3-6H2,1-2H3. The molecule has 16 heavy (non-hydrogen) atoms. The molecule has 0 saturated carbocycles. The van der Waals surface area contributed by atoms with Crippen LogP contribution in [-0.2, 0) is 0 Å². The third kappa shape index (κ3) is 6.91. The molecule has 2 nitrogen and oxygen atoms in total. The number of aliphatic hydroxyl groups is 2. The zero-order valence-electron chi connectivity index (χ0n) is 9.67. The van der Waals surface area contributed by atoms with E-state index in [4.69, 9.17) is 0 Å². The molecular weight excluding hydrogens is 280 g/mol. The Bertz CT molecular complexity index is 162. The fraction of sp³-hybridized carbons (Fsp3) is 1.00. The fourth-order valence-corrected chi connectivity index (χ4v) is 6.48. The van der Waals surface area contributed by atoms with Gasteiger partial charge in [-0.05, 0) is 13.8 Å². The van der Waals surface area contributed by atoms with Crippen molar-refractivity contribution in [2.24, 2.45) is 0 Å². The molecule has 1 aliphatic heterocycles. The van der Waals surface area contributed by atoms with Crippen LogP contribution in [0.2, 0.25) is 0 Å². The summed E-state index contributed by atoms with van der Waals surface area (Å²) in [4.78, 5) is 0. The maximum Gasteiger partial charge on any atom is 0.0965 e. The summed E-state index contributed by atoms with van der Waals surface area (Å²) in [6, 6.07) is 0. The van der Waals surface area contributed by atoms with Crippen molar-refractivity contribution in [2.45, 2.75) is 35.2 Å². The average Bonchev–Trinajstić information content (AvgIpc) is 2.25. The number of rotatable bonds is 6. The smallest absolute Gasteiger partial charge is 0.0965 e. The molecule has 6 heteroatoms. The SMILES string of the molecule is CC(O)SCC1CSC(CSC(C)O)CS1. The second-order valence-electron chi connectivity index (χ2n) is 3.78. The first-order chi connectivity index (χ1) is 7.58. The summed E-state index contributed by atoms with van der Waals surface area (Å²) in [7, 11) is 0. The van der Waals surface area contributed by atoms with E-state index >= 15 is 0 Å². The molecule has 0 aromatic rings. The lowest BCUT2D eigenvalue weighted by Crippen LogP contribution is -2.25. The van der Waals surface area contributed by atoms with Gasteiger partial charge < -0.3 is 10.2 Å². The highest BCUT2D eigenvalue weighted by Gasteiger charge is 2.22. The second kappa shape index (κ2) is 8.43. The lowest BCUT2D eigenvalue weighted by molar-refractivity contribution is 0.283. The van der Waals surface area contributed by atoms with Crippen LogP contribution in [0.5, 0.6) is 0 Å². The molecule has 1 aliphatic rings. The first-order valence-electron chi connectivity index (χ1n) is 5.40. The summed E-state index contributed by atoms with van der Waals surface area (Å²) in [5.41, 5.74) is -0.483. The molecule has 2 N–H and O–H groups in total. The van der Waals surface area contributed by atoms with E-state index < -0.39 is 0 Å². The van der Waals surface area contributed by atoms with Crippen molar-refractivity contribution < 1.29 is 10.2 Å². The molecule has 4 unspecified atom stereocenters. The van der Waals surface area contributed by atoms with E-state index in [0.29, 0.717) is 10.5 Å². The molecule has 0 bridgehead atoms. The highest BCUT2D eigenvalue weighted by Crippen LogP contribution is 2.34. The van der Waals surface area contributed by atoms with Crippen LogP contribution in [0, 0.1) is 0 Å². The topological polar surface area (TPSA) is 40.5 Å². The summed E-state index contributed by atoms with van der Waals surface area (Å²) in [5, 5.41) is 19.7. The highest BCUT2D eigenvalue weighted by molar-refractivity contribution is 8.09. The maximum atomic E-state index is 9.20. The van der Waals surface area contributed by atoms with Crippen LogP contribution in [0.4, 0.5) is 0 Å². The van der Waals surface area contributed by atoms with Crippen LogP contribution in [0.25, 0.3) is 0 Å². The molecular formula is C10H20O2S4. The first-order valence-corrected chi connectivity index (χ1v) is 9.60. The molecule has 1 saturated heterocycles. The van der Waals surface area contributed by atoms with E-state index in [-0.39, 0.29) is 10.9 Å². The molecule has 0 aliphatic carbocycles. The van der Waals surface area contributed by atoms with Gasteiger partial charge in [0.1, 0.15) is 0 Å². The van der Waals surface area contributed by atoms with Crippen LogP contribution >= 0.6 is 47.0 Å². The Morgan fingerprint density at radius 2 is 1.38 bits per heavy atom. The highest BCUT2D eigenvalue weighted by atomic mass is 32.2. The van der Waals surface area contributed by atoms with Crippen molar-refractivity contribution in [1.82, 2.24) is 0 Å². The predicted molar refractivity (Wildman–Crippen MR) is 80.8 cm³/mol. The van der Waals surface area contributed by atoms with Gasteiger partial charge in [0.2, 0.25) is 0 Å². The molecule has 0 radical (unpaired) electrons. The normalized spacial score (nSPS) is 30.0. The Labute approximate surface area is 115 Å². The van der Waals surface area contributed by atoms with E-state index in [2.05, 4.69) is 0 Å². The summed E-state index contributed by atoms with van der Waals surface area (Å²) >= 11 is 7.30. The summed E-state index contributed by atoms with van der Waals surface area (Å²) < 4.78 is 0. The van der Waals surface area contributed by atoms with Crippen molar-refractivity contribution in [3.8, 4) is 0 Å². The Morgan fingerprint density at radius 3 is 1.62 bits per heavy atom. The fourth-order valence-electron chi connectivity index (χ4n) is 1.27. The number of aliphatic hydroxyl groups excluding tert-OH is 2. The van der Waals surface area contributed by atoms with Crippen molar-refractivity contribution in [3.05, 3.63) is 0 Å². The molecule has 1 fully saturated rings. The number of hydrogen-bond donors (Lipinski definition) is 2. The largest absolute Gasteiger partial charge is 0.383 e. The number of thioether (sulfide) groups is 4. The zero-order valence-corrected chi connectivity index (χ0v) is 12.9. The lowest BCUT2D eigenvalue weighted by Gasteiger charge is -2.27. The van der Waals surface area contributed by atoms with Gasteiger partial charge in [-0.2, -0.15) is 23.5 Å². The number of hydrogen-bond acceptors (Lipinski definition) is 6. The van der Waals surface area contributed by atoms with Crippen LogP contribution in [0.15, 0.2) is 0 Å². The monoisotopic (exact) mass is 300 g/mol. The molecule has 96 valence electrons. The van der Waals surface area contributed by atoms with Gasteiger partial charge in [-0.3, -0.25) is 0 Å².